The molecule has 3 aromatic heterocycles. The maximum atomic E-state index is 15.3. The van der Waals surface area contributed by atoms with E-state index in [1.165, 1.54) is 32.7 Å². The Hall–Kier alpha value is -5.51. The van der Waals surface area contributed by atoms with Crippen LogP contribution in [0.2, 0.25) is 0 Å². The number of aryl methyl sites for hydroxylation is 1. The van der Waals surface area contributed by atoms with Gasteiger partial charge in [0.1, 0.15) is 12.1 Å². The number of nitrogens with one attached hydrogen (secondary N) is 2. The molecule has 0 aliphatic carbocycles. The summed E-state index contributed by atoms with van der Waals surface area (Å²) in [5.41, 5.74) is 3.73. The fourth-order valence-corrected chi connectivity index (χ4v) is 4.55. The first-order valence-electron chi connectivity index (χ1n) is 12.6. The number of fused-ring (bicyclic) bond motifs is 2. The fourth-order valence-electron chi connectivity index (χ4n) is 4.55. The molecule has 2 N–H and O–H groups in total. The van der Waals surface area contributed by atoms with Crippen LogP contribution in [0.25, 0.3) is 32.9 Å². The smallest absolute Gasteiger partial charge is 0.230 e. The standard InChI is InChI=1S/C31H24FN5O4/c1-17-4-6-18(7-5-17)21-15-34-23-10-11-33-30(28(23)29(21)38)37-19-8-9-25(22(32)12-19)41-31-20-13-26(39-2)27(40-3)14-24(20)35-16-36-31/h4-16H,1-3H3,(H,33,37)(H,34,38). The van der Waals surface area contributed by atoms with Crippen LogP contribution in [-0.4, -0.2) is 34.2 Å². The number of pyridine rings is 2. The number of anilines is 2. The molecule has 0 aliphatic heterocycles. The van der Waals surface area contributed by atoms with Gasteiger partial charge in [0.2, 0.25) is 11.3 Å². The normalized spacial score (nSPS) is 11.0. The lowest BCUT2D eigenvalue weighted by atomic mass is 10.0. The van der Waals surface area contributed by atoms with Crippen LogP contribution < -0.4 is 25.0 Å². The van der Waals surface area contributed by atoms with E-state index in [1.807, 2.05) is 31.2 Å². The number of nitrogens with zero attached hydrogens (tertiary/aromatic N) is 3. The lowest BCUT2D eigenvalue weighted by Crippen LogP contribution is -2.10. The Bertz CT molecular complexity index is 1980. The van der Waals surface area contributed by atoms with Crippen LogP contribution in [0.15, 0.2) is 84.2 Å². The molecule has 0 unspecified atom stereocenters. The van der Waals surface area contributed by atoms with Crippen LogP contribution in [0.3, 0.4) is 0 Å². The summed E-state index contributed by atoms with van der Waals surface area (Å²) in [5, 5.41) is 3.97. The van der Waals surface area contributed by atoms with Crippen LogP contribution in [-0.2, 0) is 0 Å². The Morgan fingerprint density at radius 3 is 2.41 bits per heavy atom. The van der Waals surface area contributed by atoms with E-state index in [1.54, 1.807) is 36.7 Å². The quantitative estimate of drug-likeness (QED) is 0.231. The molecule has 6 rings (SSSR count). The molecule has 9 nitrogen and oxygen atoms in total. The molecule has 0 saturated carbocycles. The lowest BCUT2D eigenvalue weighted by molar-refractivity contribution is 0.355. The zero-order valence-electron chi connectivity index (χ0n) is 22.4. The van der Waals surface area contributed by atoms with E-state index < -0.39 is 5.82 Å². The number of aromatic amines is 1. The highest BCUT2D eigenvalue weighted by molar-refractivity contribution is 5.93. The van der Waals surface area contributed by atoms with E-state index in [0.29, 0.717) is 50.4 Å². The third kappa shape index (κ3) is 4.87. The summed E-state index contributed by atoms with van der Waals surface area (Å²) in [6.45, 7) is 1.99. The van der Waals surface area contributed by atoms with Gasteiger partial charge in [-0.1, -0.05) is 29.8 Å². The molecule has 0 amide bonds. The third-order valence-corrected chi connectivity index (χ3v) is 6.66. The topological polar surface area (TPSA) is 111 Å². The zero-order chi connectivity index (χ0) is 28.5. The van der Waals surface area contributed by atoms with Gasteiger partial charge in [-0.05, 0) is 36.8 Å². The summed E-state index contributed by atoms with van der Waals surface area (Å²) in [7, 11) is 3.04. The van der Waals surface area contributed by atoms with Gasteiger partial charge in [0.15, 0.2) is 23.1 Å². The van der Waals surface area contributed by atoms with E-state index in [-0.39, 0.29) is 17.1 Å². The van der Waals surface area contributed by atoms with Gasteiger partial charge >= 0.3 is 0 Å². The lowest BCUT2D eigenvalue weighted by Gasteiger charge is -2.13. The van der Waals surface area contributed by atoms with Gasteiger partial charge in [0.25, 0.3) is 0 Å². The second kappa shape index (κ2) is 10.6. The molecule has 0 atom stereocenters. The summed E-state index contributed by atoms with van der Waals surface area (Å²) in [5.74, 6) is 0.725. The number of ether oxygens (including phenoxy) is 3. The van der Waals surface area contributed by atoms with Crippen molar-refractivity contribution in [3.63, 3.8) is 0 Å². The van der Waals surface area contributed by atoms with E-state index >= 15 is 4.39 Å². The molecule has 0 aliphatic rings. The van der Waals surface area contributed by atoms with E-state index in [0.717, 1.165) is 11.1 Å². The molecule has 0 saturated heterocycles. The molecule has 6 aromatic rings. The number of rotatable bonds is 7. The molecule has 0 fully saturated rings. The Labute approximate surface area is 233 Å². The summed E-state index contributed by atoms with van der Waals surface area (Å²) < 4.78 is 31.8. The Morgan fingerprint density at radius 2 is 1.66 bits per heavy atom. The highest BCUT2D eigenvalue weighted by atomic mass is 19.1. The Kier molecular flexibility index (Phi) is 6.64. The van der Waals surface area contributed by atoms with Crippen molar-refractivity contribution < 1.29 is 18.6 Å². The molecule has 0 bridgehead atoms. The van der Waals surface area contributed by atoms with Crippen molar-refractivity contribution >= 4 is 33.3 Å². The van der Waals surface area contributed by atoms with Gasteiger partial charge in [0.05, 0.1) is 36.0 Å². The van der Waals surface area contributed by atoms with Crippen molar-refractivity contribution in [1.29, 1.82) is 0 Å². The van der Waals surface area contributed by atoms with Gasteiger partial charge in [-0.3, -0.25) is 4.79 Å². The first-order chi connectivity index (χ1) is 19.9. The number of halogens is 1. The monoisotopic (exact) mass is 549 g/mol. The molecule has 3 heterocycles. The molecule has 10 heteroatoms. The molecule has 204 valence electrons. The second-order valence-electron chi connectivity index (χ2n) is 9.26. The summed E-state index contributed by atoms with van der Waals surface area (Å²) in [6, 6.07) is 17.1. The summed E-state index contributed by atoms with van der Waals surface area (Å²) in [6.07, 6.45) is 4.59. The largest absolute Gasteiger partial charge is 0.493 e. The van der Waals surface area contributed by atoms with Crippen LogP contribution in [0.5, 0.6) is 23.1 Å². The minimum Gasteiger partial charge on any atom is -0.493 e. The number of H-pyrrole nitrogens is 1. The van der Waals surface area contributed by atoms with E-state index in [4.69, 9.17) is 14.2 Å². The number of hydrogen-bond donors (Lipinski definition) is 2. The maximum absolute atomic E-state index is 15.3. The number of hydrogen-bond acceptors (Lipinski definition) is 8. The predicted octanol–water partition coefficient (Wildman–Crippen LogP) is 6.53. The second-order valence-corrected chi connectivity index (χ2v) is 9.26. The fraction of sp³-hybridized carbons (Fsp3) is 0.0968. The number of methoxy groups -OCH3 is 2. The minimum absolute atomic E-state index is 0.0456. The predicted molar refractivity (Wildman–Crippen MR) is 155 cm³/mol. The third-order valence-electron chi connectivity index (χ3n) is 6.66. The molecular formula is C31H24FN5O4. The van der Waals surface area contributed by atoms with Crippen LogP contribution in [0.4, 0.5) is 15.9 Å². The van der Waals surface area contributed by atoms with Crippen molar-refractivity contribution in [1.82, 2.24) is 19.9 Å². The van der Waals surface area contributed by atoms with Gasteiger partial charge < -0.3 is 24.5 Å². The molecule has 41 heavy (non-hydrogen) atoms. The first kappa shape index (κ1) is 25.8. The average Bonchev–Trinajstić information content (AvgIpc) is 2.99. The SMILES string of the molecule is COc1cc2ncnc(Oc3ccc(Nc4nccc5[nH]cc(-c6ccc(C)cc6)c(=O)c45)cc3F)c2cc1OC. The summed E-state index contributed by atoms with van der Waals surface area (Å²) >= 11 is 0. The minimum atomic E-state index is -0.642. The molecule has 0 radical (unpaired) electrons. The van der Waals surface area contributed by atoms with Gasteiger partial charge in [0, 0.05) is 35.8 Å². The van der Waals surface area contributed by atoms with E-state index in [2.05, 4.69) is 25.3 Å². The van der Waals surface area contributed by atoms with Crippen molar-refractivity contribution in [3.05, 3.63) is 101 Å². The van der Waals surface area contributed by atoms with Crippen molar-refractivity contribution in [3.8, 4) is 34.3 Å². The van der Waals surface area contributed by atoms with Crippen LogP contribution >= 0.6 is 0 Å². The maximum Gasteiger partial charge on any atom is 0.230 e. The van der Waals surface area contributed by atoms with Crippen LogP contribution in [0, 0.1) is 12.7 Å². The molecular weight excluding hydrogens is 525 g/mol. The van der Waals surface area contributed by atoms with Crippen molar-refractivity contribution in [2.45, 2.75) is 6.92 Å². The molecule has 3 aromatic carbocycles. The van der Waals surface area contributed by atoms with E-state index in [9.17, 15) is 4.79 Å². The molecule has 0 spiro atoms. The Balaban J connectivity index is 1.32. The number of aromatic nitrogens is 4. The van der Waals surface area contributed by atoms with Gasteiger partial charge in [-0.2, -0.15) is 0 Å². The van der Waals surface area contributed by atoms with Crippen molar-refractivity contribution in [2.24, 2.45) is 0 Å². The zero-order valence-corrected chi connectivity index (χ0v) is 22.4. The van der Waals surface area contributed by atoms with Crippen molar-refractivity contribution in [2.75, 3.05) is 19.5 Å². The highest BCUT2D eigenvalue weighted by Gasteiger charge is 2.16. The first-order valence-corrected chi connectivity index (χ1v) is 12.6. The number of benzene rings is 3. The van der Waals surface area contributed by atoms with Gasteiger partial charge in [-0.15, -0.1) is 0 Å². The van der Waals surface area contributed by atoms with Crippen LogP contribution in [0.1, 0.15) is 5.56 Å². The van der Waals surface area contributed by atoms with Gasteiger partial charge in [-0.25, -0.2) is 19.3 Å². The average molecular weight is 550 g/mol. The Morgan fingerprint density at radius 1 is 0.878 bits per heavy atom. The highest BCUT2D eigenvalue weighted by Crippen LogP contribution is 2.36. The summed E-state index contributed by atoms with van der Waals surface area (Å²) in [4.78, 5) is 29.5.